The Morgan fingerprint density at radius 3 is 3.29 bits per heavy atom. The van der Waals surface area contributed by atoms with E-state index >= 15 is 0 Å². The van der Waals surface area contributed by atoms with Gasteiger partial charge >= 0.3 is 0 Å². The van der Waals surface area contributed by atoms with Crippen LogP contribution in [0.2, 0.25) is 0 Å². The first-order valence-electron chi connectivity index (χ1n) is 4.98. The molecule has 1 atom stereocenters. The lowest BCUT2D eigenvalue weighted by Crippen LogP contribution is -2.39. The molecule has 1 aromatic rings. The molecule has 3 nitrogen and oxygen atoms in total. The number of nitrogens with zero attached hydrogens (tertiary/aromatic N) is 2. The van der Waals surface area contributed by atoms with Crippen LogP contribution in [-0.4, -0.2) is 28.8 Å². The topological polar surface area (TPSA) is 33.2 Å². The van der Waals surface area contributed by atoms with E-state index in [1.165, 1.54) is 12.8 Å². The molecule has 1 saturated heterocycles. The molecule has 2 heterocycles. The van der Waals surface area contributed by atoms with Crippen LogP contribution in [0.1, 0.15) is 24.3 Å². The van der Waals surface area contributed by atoms with Crippen LogP contribution in [0.25, 0.3) is 0 Å². The molecule has 0 spiro atoms. The number of hydrogen-bond acceptors (Lipinski definition) is 4. The predicted octanol–water partition coefficient (Wildman–Crippen LogP) is 1.70. The second-order valence-electron chi connectivity index (χ2n) is 3.60. The number of thiazole rings is 1. The second-order valence-corrected chi connectivity index (χ2v) is 4.57. The summed E-state index contributed by atoms with van der Waals surface area (Å²) in [6, 6.07) is 0.118. The Hall–Kier alpha value is -0.740. The lowest BCUT2D eigenvalue weighted by atomic mass is 10.0. The van der Waals surface area contributed by atoms with Crippen LogP contribution in [0.3, 0.4) is 0 Å². The molecule has 0 amide bonds. The Labute approximate surface area is 87.8 Å². The number of carbonyl (C=O) groups is 1. The van der Waals surface area contributed by atoms with E-state index < -0.39 is 0 Å². The molecule has 0 aliphatic carbocycles. The highest BCUT2D eigenvalue weighted by atomic mass is 32.1. The fraction of sp³-hybridized carbons (Fsp3) is 0.600. The standard InChI is InChI=1S/C10H14N2OS/c13-8-9-3-1-2-5-12(9)7-10-11-4-6-14-10/h4,6,8-9H,1-3,5,7H2. The van der Waals surface area contributed by atoms with Crippen molar-refractivity contribution in [1.82, 2.24) is 9.88 Å². The Bertz CT molecular complexity index is 286. The quantitative estimate of drug-likeness (QED) is 0.712. The highest BCUT2D eigenvalue weighted by Gasteiger charge is 2.22. The molecular formula is C10H14N2OS. The van der Waals surface area contributed by atoms with Crippen molar-refractivity contribution in [3.8, 4) is 0 Å². The molecule has 0 saturated carbocycles. The monoisotopic (exact) mass is 210 g/mol. The van der Waals surface area contributed by atoms with E-state index in [1.807, 2.05) is 11.6 Å². The maximum absolute atomic E-state index is 10.8. The zero-order valence-corrected chi connectivity index (χ0v) is 8.87. The van der Waals surface area contributed by atoms with Gasteiger partial charge < -0.3 is 4.79 Å². The van der Waals surface area contributed by atoms with Gasteiger partial charge in [0.1, 0.15) is 11.3 Å². The first-order chi connectivity index (χ1) is 6.90. The van der Waals surface area contributed by atoms with Crippen molar-refractivity contribution in [1.29, 1.82) is 0 Å². The van der Waals surface area contributed by atoms with Crippen LogP contribution in [0.4, 0.5) is 0 Å². The number of rotatable bonds is 3. The van der Waals surface area contributed by atoms with Crippen molar-refractivity contribution in [2.24, 2.45) is 0 Å². The van der Waals surface area contributed by atoms with Crippen molar-refractivity contribution >= 4 is 17.6 Å². The largest absolute Gasteiger partial charge is 0.302 e. The van der Waals surface area contributed by atoms with Gasteiger partial charge in [-0.3, -0.25) is 4.90 Å². The van der Waals surface area contributed by atoms with Gasteiger partial charge in [0.25, 0.3) is 0 Å². The van der Waals surface area contributed by atoms with Gasteiger partial charge in [-0.1, -0.05) is 6.42 Å². The molecule has 0 aromatic carbocycles. The highest BCUT2D eigenvalue weighted by molar-refractivity contribution is 7.09. The molecule has 76 valence electrons. The number of aromatic nitrogens is 1. The summed E-state index contributed by atoms with van der Waals surface area (Å²) in [6.07, 6.45) is 6.29. The summed E-state index contributed by atoms with van der Waals surface area (Å²) in [7, 11) is 0. The van der Waals surface area contributed by atoms with Crippen LogP contribution in [0.15, 0.2) is 11.6 Å². The lowest BCUT2D eigenvalue weighted by molar-refractivity contribution is -0.113. The zero-order valence-electron chi connectivity index (χ0n) is 8.06. The fourth-order valence-corrected chi connectivity index (χ4v) is 2.51. The molecule has 0 bridgehead atoms. The summed E-state index contributed by atoms with van der Waals surface area (Å²) in [4.78, 5) is 17.3. The SMILES string of the molecule is O=CC1CCCCN1Cc1nccs1. The normalized spacial score (nSPS) is 23.6. The highest BCUT2D eigenvalue weighted by Crippen LogP contribution is 2.18. The van der Waals surface area contributed by atoms with Gasteiger partial charge in [0, 0.05) is 11.6 Å². The van der Waals surface area contributed by atoms with Crippen molar-refractivity contribution in [2.75, 3.05) is 6.54 Å². The van der Waals surface area contributed by atoms with Crippen LogP contribution >= 0.6 is 11.3 Å². The van der Waals surface area contributed by atoms with Gasteiger partial charge in [0.15, 0.2) is 0 Å². The molecular weight excluding hydrogens is 196 g/mol. The van der Waals surface area contributed by atoms with Crippen LogP contribution in [0.5, 0.6) is 0 Å². The maximum Gasteiger partial charge on any atom is 0.137 e. The summed E-state index contributed by atoms with van der Waals surface area (Å²) in [5.74, 6) is 0. The van der Waals surface area contributed by atoms with Crippen LogP contribution < -0.4 is 0 Å². The van der Waals surface area contributed by atoms with E-state index in [-0.39, 0.29) is 6.04 Å². The molecule has 1 aliphatic rings. The number of likely N-dealkylation sites (tertiary alicyclic amines) is 1. The summed E-state index contributed by atoms with van der Waals surface area (Å²) in [5.41, 5.74) is 0. The molecule has 1 aliphatic heterocycles. The van der Waals surface area contributed by atoms with E-state index in [2.05, 4.69) is 9.88 Å². The number of carbonyl (C=O) groups excluding carboxylic acids is 1. The first kappa shape index (κ1) is 9.80. The second kappa shape index (κ2) is 4.66. The summed E-state index contributed by atoms with van der Waals surface area (Å²) in [5, 5.41) is 3.09. The number of piperidine rings is 1. The number of hydrogen-bond donors (Lipinski definition) is 0. The molecule has 1 unspecified atom stereocenters. The Balaban J connectivity index is 1.98. The molecule has 4 heteroatoms. The third-order valence-electron chi connectivity index (χ3n) is 2.64. The molecule has 1 aromatic heterocycles. The smallest absolute Gasteiger partial charge is 0.137 e. The van der Waals surface area contributed by atoms with Gasteiger partial charge in [-0.15, -0.1) is 11.3 Å². The van der Waals surface area contributed by atoms with Crippen molar-refractivity contribution < 1.29 is 4.79 Å². The summed E-state index contributed by atoms with van der Waals surface area (Å²) < 4.78 is 0. The van der Waals surface area contributed by atoms with Crippen LogP contribution in [0, 0.1) is 0 Å². The van der Waals surface area contributed by atoms with E-state index in [4.69, 9.17) is 0 Å². The zero-order chi connectivity index (χ0) is 9.80. The van der Waals surface area contributed by atoms with E-state index in [0.29, 0.717) is 0 Å². The van der Waals surface area contributed by atoms with E-state index in [1.54, 1.807) is 11.3 Å². The third kappa shape index (κ3) is 2.19. The van der Waals surface area contributed by atoms with Gasteiger partial charge in [0.05, 0.1) is 12.6 Å². The van der Waals surface area contributed by atoms with Crippen molar-refractivity contribution in [2.45, 2.75) is 31.8 Å². The third-order valence-corrected chi connectivity index (χ3v) is 3.41. The molecule has 2 rings (SSSR count). The Morgan fingerprint density at radius 1 is 1.64 bits per heavy atom. The summed E-state index contributed by atoms with van der Waals surface area (Å²) in [6.45, 7) is 1.87. The van der Waals surface area contributed by atoms with Crippen molar-refractivity contribution in [3.05, 3.63) is 16.6 Å². The van der Waals surface area contributed by atoms with Crippen LogP contribution in [-0.2, 0) is 11.3 Å². The fourth-order valence-electron chi connectivity index (χ4n) is 1.87. The first-order valence-corrected chi connectivity index (χ1v) is 5.86. The lowest BCUT2D eigenvalue weighted by Gasteiger charge is -2.31. The maximum atomic E-state index is 10.8. The minimum atomic E-state index is 0.118. The van der Waals surface area contributed by atoms with Gasteiger partial charge in [-0.2, -0.15) is 0 Å². The average Bonchev–Trinajstić information content (AvgIpc) is 2.71. The van der Waals surface area contributed by atoms with Crippen molar-refractivity contribution in [3.63, 3.8) is 0 Å². The Morgan fingerprint density at radius 2 is 2.57 bits per heavy atom. The molecule has 0 N–H and O–H groups in total. The van der Waals surface area contributed by atoms with Gasteiger partial charge in [-0.25, -0.2) is 4.98 Å². The minimum absolute atomic E-state index is 0.118. The molecule has 1 fully saturated rings. The van der Waals surface area contributed by atoms with Gasteiger partial charge in [-0.05, 0) is 19.4 Å². The minimum Gasteiger partial charge on any atom is -0.302 e. The molecule has 14 heavy (non-hydrogen) atoms. The average molecular weight is 210 g/mol. The summed E-state index contributed by atoms with van der Waals surface area (Å²) >= 11 is 1.66. The van der Waals surface area contributed by atoms with E-state index in [9.17, 15) is 4.79 Å². The Kier molecular flexibility index (Phi) is 3.26. The molecule has 0 radical (unpaired) electrons. The number of aldehydes is 1. The van der Waals surface area contributed by atoms with E-state index in [0.717, 1.165) is 30.8 Å². The predicted molar refractivity (Wildman–Crippen MR) is 56.2 cm³/mol. The van der Waals surface area contributed by atoms with Gasteiger partial charge in [0.2, 0.25) is 0 Å².